The van der Waals surface area contributed by atoms with Crippen LogP contribution in [-0.4, -0.2) is 17.5 Å². The molecule has 1 amide bonds. The first kappa shape index (κ1) is 15.2. The second-order valence-electron chi connectivity index (χ2n) is 4.82. The number of fused-ring (bicyclic) bond motifs is 1. The first-order valence-corrected chi connectivity index (χ1v) is 7.89. The van der Waals surface area contributed by atoms with Gasteiger partial charge in [-0.05, 0) is 26.0 Å². The third-order valence-electron chi connectivity index (χ3n) is 3.11. The summed E-state index contributed by atoms with van der Waals surface area (Å²) in [5.41, 5.74) is 0.784. The standard InChI is InChI=1S/C16H14N2O4S/c1-3-21-10-4-5-11-12(7-14(19)22-13(11)6-10)15(20)18-16-17-9(2)8-23-16/h4-8H,3H2,1-2H3,(H,17,18,20). The van der Waals surface area contributed by atoms with Crippen LogP contribution in [0.5, 0.6) is 5.75 Å². The molecule has 0 aliphatic rings. The van der Waals surface area contributed by atoms with Crippen LogP contribution >= 0.6 is 11.3 Å². The zero-order valence-corrected chi connectivity index (χ0v) is 13.4. The Hall–Kier alpha value is -2.67. The molecule has 0 fully saturated rings. The molecule has 1 N–H and O–H groups in total. The molecule has 0 saturated carbocycles. The number of ether oxygens (including phenoxy) is 1. The van der Waals surface area contributed by atoms with Crippen LogP contribution in [0.2, 0.25) is 0 Å². The van der Waals surface area contributed by atoms with E-state index in [2.05, 4.69) is 10.3 Å². The smallest absolute Gasteiger partial charge is 0.337 e. The minimum absolute atomic E-state index is 0.243. The van der Waals surface area contributed by atoms with Crippen LogP contribution < -0.4 is 15.7 Å². The summed E-state index contributed by atoms with van der Waals surface area (Å²) in [4.78, 5) is 28.4. The van der Waals surface area contributed by atoms with Crippen LogP contribution in [0, 0.1) is 6.92 Å². The van der Waals surface area contributed by atoms with Gasteiger partial charge in [0.2, 0.25) is 0 Å². The highest BCUT2D eigenvalue weighted by Gasteiger charge is 2.15. The molecule has 7 heteroatoms. The Labute approximate surface area is 135 Å². The van der Waals surface area contributed by atoms with Crippen molar-refractivity contribution in [2.45, 2.75) is 13.8 Å². The quantitative estimate of drug-likeness (QED) is 0.743. The van der Waals surface area contributed by atoms with Crippen LogP contribution in [0.15, 0.2) is 38.9 Å². The Kier molecular flexibility index (Phi) is 4.12. The van der Waals surface area contributed by atoms with Crippen molar-refractivity contribution in [3.63, 3.8) is 0 Å². The van der Waals surface area contributed by atoms with E-state index in [0.29, 0.717) is 28.5 Å². The maximum absolute atomic E-state index is 12.4. The second kappa shape index (κ2) is 6.21. The van der Waals surface area contributed by atoms with Crippen LogP contribution in [0.25, 0.3) is 11.0 Å². The van der Waals surface area contributed by atoms with E-state index >= 15 is 0 Å². The molecule has 1 aromatic carbocycles. The van der Waals surface area contributed by atoms with Gasteiger partial charge in [0, 0.05) is 22.9 Å². The Morgan fingerprint density at radius 3 is 2.91 bits per heavy atom. The molecule has 0 bridgehead atoms. The molecule has 23 heavy (non-hydrogen) atoms. The molecule has 0 atom stereocenters. The Balaban J connectivity index is 2.02. The Morgan fingerprint density at radius 2 is 2.22 bits per heavy atom. The summed E-state index contributed by atoms with van der Waals surface area (Å²) in [5, 5.41) is 5.56. The number of carbonyl (C=O) groups is 1. The number of aromatic nitrogens is 1. The summed E-state index contributed by atoms with van der Waals surface area (Å²) in [7, 11) is 0. The van der Waals surface area contributed by atoms with Gasteiger partial charge in [-0.2, -0.15) is 0 Å². The van der Waals surface area contributed by atoms with Crippen LogP contribution in [-0.2, 0) is 0 Å². The number of nitrogens with one attached hydrogen (secondary N) is 1. The van der Waals surface area contributed by atoms with E-state index in [1.807, 2.05) is 19.2 Å². The van der Waals surface area contributed by atoms with Gasteiger partial charge in [0.05, 0.1) is 17.9 Å². The molecule has 2 aromatic heterocycles. The van der Waals surface area contributed by atoms with Gasteiger partial charge in [-0.25, -0.2) is 9.78 Å². The van der Waals surface area contributed by atoms with Crippen molar-refractivity contribution >= 4 is 33.3 Å². The number of nitrogens with zero attached hydrogens (tertiary/aromatic N) is 1. The second-order valence-corrected chi connectivity index (χ2v) is 5.68. The lowest BCUT2D eigenvalue weighted by Gasteiger charge is -2.07. The minimum Gasteiger partial charge on any atom is -0.494 e. The molecule has 2 heterocycles. The van der Waals surface area contributed by atoms with Gasteiger partial charge in [-0.1, -0.05) is 0 Å². The van der Waals surface area contributed by atoms with Gasteiger partial charge < -0.3 is 9.15 Å². The summed E-state index contributed by atoms with van der Waals surface area (Å²) < 4.78 is 10.5. The molecule has 0 unspecified atom stereocenters. The molecule has 0 aliphatic heterocycles. The van der Waals surface area contributed by atoms with Crippen molar-refractivity contribution in [3.8, 4) is 5.75 Å². The highest BCUT2D eigenvalue weighted by molar-refractivity contribution is 7.13. The Morgan fingerprint density at radius 1 is 1.39 bits per heavy atom. The predicted octanol–water partition coefficient (Wildman–Crippen LogP) is 3.21. The molecule has 118 valence electrons. The fourth-order valence-corrected chi connectivity index (χ4v) is 2.85. The summed E-state index contributed by atoms with van der Waals surface area (Å²) in [6.45, 7) is 4.20. The summed E-state index contributed by atoms with van der Waals surface area (Å²) >= 11 is 1.33. The van der Waals surface area contributed by atoms with E-state index in [1.54, 1.807) is 18.2 Å². The Bertz CT molecular complexity index is 929. The lowest BCUT2D eigenvalue weighted by atomic mass is 10.1. The third-order valence-corrected chi connectivity index (χ3v) is 3.99. The molecular formula is C16H14N2O4S. The van der Waals surface area contributed by atoms with Crippen molar-refractivity contribution in [2.24, 2.45) is 0 Å². The van der Waals surface area contributed by atoms with Crippen molar-refractivity contribution in [1.29, 1.82) is 0 Å². The lowest BCUT2D eigenvalue weighted by Crippen LogP contribution is -2.15. The number of thiazole rings is 1. The summed E-state index contributed by atoms with van der Waals surface area (Å²) in [6, 6.07) is 6.21. The van der Waals surface area contributed by atoms with E-state index in [-0.39, 0.29) is 5.56 Å². The first-order valence-electron chi connectivity index (χ1n) is 7.01. The maximum Gasteiger partial charge on any atom is 0.337 e. The number of hydrogen-bond donors (Lipinski definition) is 1. The monoisotopic (exact) mass is 330 g/mol. The van der Waals surface area contributed by atoms with E-state index < -0.39 is 11.5 Å². The van der Waals surface area contributed by atoms with Crippen LogP contribution in [0.1, 0.15) is 23.0 Å². The van der Waals surface area contributed by atoms with Gasteiger partial charge in [0.15, 0.2) is 5.13 Å². The molecule has 3 aromatic rings. The van der Waals surface area contributed by atoms with E-state index in [9.17, 15) is 9.59 Å². The number of aryl methyl sites for hydroxylation is 1. The summed E-state index contributed by atoms with van der Waals surface area (Å²) in [6.07, 6.45) is 0. The van der Waals surface area contributed by atoms with E-state index in [4.69, 9.17) is 9.15 Å². The maximum atomic E-state index is 12.4. The number of rotatable bonds is 4. The number of carbonyl (C=O) groups excluding carboxylic acids is 1. The van der Waals surface area contributed by atoms with E-state index in [1.165, 1.54) is 17.4 Å². The van der Waals surface area contributed by atoms with Crippen molar-refractivity contribution in [1.82, 2.24) is 4.98 Å². The average molecular weight is 330 g/mol. The molecular weight excluding hydrogens is 316 g/mol. The van der Waals surface area contributed by atoms with Gasteiger partial charge in [-0.3, -0.25) is 10.1 Å². The number of amides is 1. The van der Waals surface area contributed by atoms with Crippen LogP contribution in [0.3, 0.4) is 0 Å². The normalized spacial score (nSPS) is 10.7. The fraction of sp³-hybridized carbons (Fsp3) is 0.188. The fourth-order valence-electron chi connectivity index (χ4n) is 2.16. The molecule has 0 spiro atoms. The minimum atomic E-state index is -0.591. The molecule has 3 rings (SSSR count). The number of benzene rings is 1. The lowest BCUT2D eigenvalue weighted by molar-refractivity contribution is 0.102. The SMILES string of the molecule is CCOc1ccc2c(C(=O)Nc3nc(C)cs3)cc(=O)oc2c1. The molecule has 0 radical (unpaired) electrons. The van der Waals surface area contributed by atoms with Gasteiger partial charge in [0.1, 0.15) is 11.3 Å². The van der Waals surface area contributed by atoms with Gasteiger partial charge >= 0.3 is 5.63 Å². The third kappa shape index (κ3) is 3.24. The topological polar surface area (TPSA) is 81.4 Å². The zero-order valence-electron chi connectivity index (χ0n) is 12.6. The summed E-state index contributed by atoms with van der Waals surface area (Å²) in [5.74, 6) is 0.178. The van der Waals surface area contributed by atoms with Crippen LogP contribution in [0.4, 0.5) is 5.13 Å². The first-order chi connectivity index (χ1) is 11.1. The van der Waals surface area contributed by atoms with Crippen molar-refractivity contribution < 1.29 is 13.9 Å². The van der Waals surface area contributed by atoms with Crippen molar-refractivity contribution in [2.75, 3.05) is 11.9 Å². The largest absolute Gasteiger partial charge is 0.494 e. The van der Waals surface area contributed by atoms with Gasteiger partial charge in [0.25, 0.3) is 5.91 Å². The molecule has 6 nitrogen and oxygen atoms in total. The average Bonchev–Trinajstić information content (AvgIpc) is 2.91. The predicted molar refractivity (Wildman–Crippen MR) is 88.5 cm³/mol. The van der Waals surface area contributed by atoms with Gasteiger partial charge in [-0.15, -0.1) is 11.3 Å². The molecule has 0 saturated heterocycles. The highest BCUT2D eigenvalue weighted by atomic mass is 32.1. The zero-order chi connectivity index (χ0) is 16.4. The highest BCUT2D eigenvalue weighted by Crippen LogP contribution is 2.24. The molecule has 0 aliphatic carbocycles. The van der Waals surface area contributed by atoms with E-state index in [0.717, 1.165) is 5.69 Å². The number of anilines is 1. The van der Waals surface area contributed by atoms with Crippen molar-refractivity contribution in [3.05, 3.63) is 51.3 Å². The number of hydrogen-bond acceptors (Lipinski definition) is 6.